The van der Waals surface area contributed by atoms with Crippen LogP contribution in [0.1, 0.15) is 26.7 Å². The maximum Gasteiger partial charge on any atom is 0.241 e. The Labute approximate surface area is 117 Å². The van der Waals surface area contributed by atoms with Crippen LogP contribution in [0.15, 0.2) is 27.6 Å². The van der Waals surface area contributed by atoms with E-state index in [-0.39, 0.29) is 4.90 Å². The van der Waals surface area contributed by atoms with Crippen LogP contribution < -0.4 is 10.5 Å². The fourth-order valence-electron chi connectivity index (χ4n) is 1.52. The fraction of sp³-hybridized carbons (Fsp3) is 0.500. The van der Waals surface area contributed by atoms with Gasteiger partial charge in [-0.05, 0) is 52.9 Å². The first-order valence-corrected chi connectivity index (χ1v) is 8.15. The van der Waals surface area contributed by atoms with Gasteiger partial charge in [0.25, 0.3) is 0 Å². The van der Waals surface area contributed by atoms with Crippen LogP contribution in [0.25, 0.3) is 0 Å². The molecule has 102 valence electrons. The van der Waals surface area contributed by atoms with Crippen LogP contribution in [-0.2, 0) is 10.0 Å². The smallest absolute Gasteiger partial charge is 0.241 e. The van der Waals surface area contributed by atoms with Gasteiger partial charge in [-0.15, -0.1) is 0 Å². The summed E-state index contributed by atoms with van der Waals surface area (Å²) in [6, 6.07) is 4.74. The van der Waals surface area contributed by atoms with E-state index in [2.05, 4.69) is 34.5 Å². The molecule has 0 radical (unpaired) electrons. The summed E-state index contributed by atoms with van der Waals surface area (Å²) in [5.41, 5.74) is 6.04. The highest BCUT2D eigenvalue weighted by Gasteiger charge is 2.17. The molecule has 0 spiro atoms. The molecule has 0 saturated carbocycles. The molecule has 0 bridgehead atoms. The lowest BCUT2D eigenvalue weighted by Crippen LogP contribution is -2.25. The molecule has 0 unspecified atom stereocenters. The van der Waals surface area contributed by atoms with Crippen molar-refractivity contribution in [3.63, 3.8) is 0 Å². The SMILES string of the molecule is CC(C)CCCNS(=O)(=O)c1cc(N)ccc1Br. The average molecular weight is 335 g/mol. The zero-order chi connectivity index (χ0) is 13.8. The van der Waals surface area contributed by atoms with Crippen molar-refractivity contribution < 1.29 is 8.42 Å². The van der Waals surface area contributed by atoms with E-state index in [1.165, 1.54) is 6.07 Å². The quantitative estimate of drug-likeness (QED) is 0.620. The van der Waals surface area contributed by atoms with Gasteiger partial charge in [-0.1, -0.05) is 13.8 Å². The van der Waals surface area contributed by atoms with Gasteiger partial charge in [-0.2, -0.15) is 0 Å². The van der Waals surface area contributed by atoms with Crippen molar-refractivity contribution in [3.05, 3.63) is 22.7 Å². The molecule has 0 aliphatic rings. The minimum atomic E-state index is -3.49. The summed E-state index contributed by atoms with van der Waals surface area (Å²) in [5.74, 6) is 0.577. The Hall–Kier alpha value is -0.590. The van der Waals surface area contributed by atoms with E-state index in [0.717, 1.165) is 12.8 Å². The first kappa shape index (κ1) is 15.5. The first-order chi connectivity index (χ1) is 8.33. The molecular formula is C12H19BrN2O2S. The molecule has 6 heteroatoms. The average Bonchev–Trinajstić information content (AvgIpc) is 2.27. The Morgan fingerprint density at radius 2 is 2.06 bits per heavy atom. The number of hydrogen-bond donors (Lipinski definition) is 2. The predicted molar refractivity (Wildman–Crippen MR) is 77.8 cm³/mol. The summed E-state index contributed by atoms with van der Waals surface area (Å²) < 4.78 is 27.2. The summed E-state index contributed by atoms with van der Waals surface area (Å²) in [5, 5.41) is 0. The van der Waals surface area contributed by atoms with Gasteiger partial charge < -0.3 is 5.73 Å². The molecule has 0 atom stereocenters. The lowest BCUT2D eigenvalue weighted by Gasteiger charge is -2.10. The third kappa shape index (κ3) is 4.59. The Bertz CT molecular complexity index is 501. The van der Waals surface area contributed by atoms with Crippen molar-refractivity contribution in [2.24, 2.45) is 5.92 Å². The molecule has 4 nitrogen and oxygen atoms in total. The monoisotopic (exact) mass is 334 g/mol. The number of nitrogens with two attached hydrogens (primary N) is 1. The summed E-state index contributed by atoms with van der Waals surface area (Å²) >= 11 is 3.22. The number of nitrogens with one attached hydrogen (secondary N) is 1. The van der Waals surface area contributed by atoms with Crippen molar-refractivity contribution in [2.45, 2.75) is 31.6 Å². The maximum absolute atomic E-state index is 12.1. The van der Waals surface area contributed by atoms with Crippen LogP contribution in [0, 0.1) is 5.92 Å². The van der Waals surface area contributed by atoms with Crippen LogP contribution in [0.3, 0.4) is 0 Å². The number of hydrogen-bond acceptors (Lipinski definition) is 3. The molecular weight excluding hydrogens is 316 g/mol. The first-order valence-electron chi connectivity index (χ1n) is 5.87. The number of sulfonamides is 1. The van der Waals surface area contributed by atoms with E-state index < -0.39 is 10.0 Å². The van der Waals surface area contributed by atoms with Gasteiger partial charge in [0.05, 0.1) is 4.90 Å². The van der Waals surface area contributed by atoms with E-state index in [9.17, 15) is 8.42 Å². The van der Waals surface area contributed by atoms with Crippen molar-refractivity contribution in [1.82, 2.24) is 4.72 Å². The lowest BCUT2D eigenvalue weighted by molar-refractivity contribution is 0.539. The molecule has 1 aromatic rings. The topological polar surface area (TPSA) is 72.2 Å². The molecule has 0 saturated heterocycles. The zero-order valence-corrected chi connectivity index (χ0v) is 13.0. The van der Waals surface area contributed by atoms with Gasteiger partial charge in [0.1, 0.15) is 0 Å². The van der Waals surface area contributed by atoms with E-state index in [1.807, 2.05) is 0 Å². The summed E-state index contributed by atoms with van der Waals surface area (Å²) in [6.07, 6.45) is 1.83. The van der Waals surface area contributed by atoms with E-state index in [1.54, 1.807) is 12.1 Å². The molecule has 0 aliphatic carbocycles. The molecule has 1 rings (SSSR count). The number of rotatable bonds is 6. The molecule has 0 aromatic heterocycles. The maximum atomic E-state index is 12.1. The van der Waals surface area contributed by atoms with Crippen LogP contribution in [0.5, 0.6) is 0 Å². The number of nitrogen functional groups attached to an aromatic ring is 1. The number of halogens is 1. The van der Waals surface area contributed by atoms with Gasteiger partial charge in [0, 0.05) is 16.7 Å². The second kappa shape index (κ2) is 6.54. The Balaban J connectivity index is 2.71. The predicted octanol–water partition coefficient (Wildman–Crippen LogP) is 2.75. The second-order valence-electron chi connectivity index (χ2n) is 4.62. The van der Waals surface area contributed by atoms with Crippen LogP contribution >= 0.6 is 15.9 Å². The largest absolute Gasteiger partial charge is 0.399 e. The minimum Gasteiger partial charge on any atom is -0.399 e. The Morgan fingerprint density at radius 1 is 1.39 bits per heavy atom. The van der Waals surface area contributed by atoms with Crippen molar-refractivity contribution in [3.8, 4) is 0 Å². The Kier molecular flexibility index (Phi) is 5.62. The van der Waals surface area contributed by atoms with E-state index in [0.29, 0.717) is 22.6 Å². The van der Waals surface area contributed by atoms with Crippen LogP contribution in [-0.4, -0.2) is 15.0 Å². The third-order valence-electron chi connectivity index (χ3n) is 2.50. The minimum absolute atomic E-state index is 0.187. The van der Waals surface area contributed by atoms with Gasteiger partial charge >= 0.3 is 0 Å². The zero-order valence-electron chi connectivity index (χ0n) is 10.6. The van der Waals surface area contributed by atoms with Crippen LogP contribution in [0.4, 0.5) is 5.69 Å². The third-order valence-corrected chi connectivity index (χ3v) is 4.95. The van der Waals surface area contributed by atoms with Gasteiger partial charge in [0.2, 0.25) is 10.0 Å². The highest BCUT2D eigenvalue weighted by molar-refractivity contribution is 9.10. The highest BCUT2D eigenvalue weighted by Crippen LogP contribution is 2.24. The van der Waals surface area contributed by atoms with E-state index >= 15 is 0 Å². The number of benzene rings is 1. The Morgan fingerprint density at radius 3 is 2.67 bits per heavy atom. The molecule has 0 amide bonds. The molecule has 18 heavy (non-hydrogen) atoms. The summed E-state index contributed by atoms with van der Waals surface area (Å²) in [7, 11) is -3.49. The van der Waals surface area contributed by atoms with Gasteiger partial charge in [-0.25, -0.2) is 13.1 Å². The molecule has 0 aliphatic heterocycles. The summed E-state index contributed by atoms with van der Waals surface area (Å²) in [4.78, 5) is 0.187. The van der Waals surface area contributed by atoms with Gasteiger partial charge in [0.15, 0.2) is 0 Å². The van der Waals surface area contributed by atoms with Crippen molar-refractivity contribution in [2.75, 3.05) is 12.3 Å². The molecule has 1 aromatic carbocycles. The molecule has 0 fully saturated rings. The van der Waals surface area contributed by atoms with Gasteiger partial charge in [-0.3, -0.25) is 0 Å². The van der Waals surface area contributed by atoms with Crippen molar-refractivity contribution in [1.29, 1.82) is 0 Å². The molecule has 0 heterocycles. The normalized spacial score (nSPS) is 12.0. The fourth-order valence-corrected chi connectivity index (χ4v) is 3.59. The second-order valence-corrected chi connectivity index (χ2v) is 7.21. The summed E-state index contributed by atoms with van der Waals surface area (Å²) in [6.45, 7) is 4.67. The lowest BCUT2D eigenvalue weighted by atomic mass is 10.1. The molecule has 3 N–H and O–H groups in total. The van der Waals surface area contributed by atoms with E-state index in [4.69, 9.17) is 5.73 Å². The highest BCUT2D eigenvalue weighted by atomic mass is 79.9. The van der Waals surface area contributed by atoms with Crippen LogP contribution in [0.2, 0.25) is 0 Å². The van der Waals surface area contributed by atoms with Crippen molar-refractivity contribution >= 4 is 31.6 Å². The standard InChI is InChI=1S/C12H19BrN2O2S/c1-9(2)4-3-7-15-18(16,17)12-8-10(14)5-6-11(12)13/h5-6,8-9,15H,3-4,7,14H2,1-2H3. The number of anilines is 1.